The molecule has 1 saturated heterocycles. The molecule has 2 rings (SSSR count). The normalized spacial score (nSPS) is 19.1. The summed E-state index contributed by atoms with van der Waals surface area (Å²) in [5.41, 5.74) is 2.56. The van der Waals surface area contributed by atoms with Gasteiger partial charge in [0.2, 0.25) is 5.91 Å². The summed E-state index contributed by atoms with van der Waals surface area (Å²) in [4.78, 5) is 14.6. The Morgan fingerprint density at radius 2 is 1.91 bits per heavy atom. The summed E-state index contributed by atoms with van der Waals surface area (Å²) in [7, 11) is 0. The maximum Gasteiger partial charge on any atom is 0.238 e. The minimum Gasteiger partial charge on any atom is -0.389 e. The average molecular weight is 318 g/mol. The van der Waals surface area contributed by atoms with Gasteiger partial charge in [-0.3, -0.25) is 9.69 Å². The number of carbonyl (C=O) groups excluding carboxylic acids is 1. The molecule has 1 amide bonds. The maximum atomic E-state index is 12.5. The fraction of sp³-hybridized carbons (Fsp3) is 0.632. The van der Waals surface area contributed by atoms with Gasteiger partial charge >= 0.3 is 0 Å². The molecule has 1 heterocycles. The van der Waals surface area contributed by atoms with Gasteiger partial charge < -0.3 is 10.4 Å². The molecule has 4 heteroatoms. The maximum absolute atomic E-state index is 12.5. The number of hydrogen-bond acceptors (Lipinski definition) is 3. The van der Waals surface area contributed by atoms with Crippen LogP contribution in [0.15, 0.2) is 18.2 Å². The van der Waals surface area contributed by atoms with Gasteiger partial charge in [0.15, 0.2) is 0 Å². The predicted molar refractivity (Wildman–Crippen MR) is 94.7 cm³/mol. The van der Waals surface area contributed by atoms with E-state index in [0.29, 0.717) is 6.54 Å². The number of hydrogen-bond donors (Lipinski definition) is 2. The van der Waals surface area contributed by atoms with Crippen LogP contribution in [0.4, 0.5) is 5.69 Å². The lowest BCUT2D eigenvalue weighted by molar-refractivity contribution is -0.118. The molecule has 1 aromatic rings. The monoisotopic (exact) mass is 318 g/mol. The molecule has 1 unspecified atom stereocenters. The first-order valence-electron chi connectivity index (χ1n) is 8.73. The molecule has 1 aromatic carbocycles. The van der Waals surface area contributed by atoms with Crippen LogP contribution in [0.25, 0.3) is 0 Å². The number of aliphatic hydroxyl groups is 1. The van der Waals surface area contributed by atoms with E-state index in [0.717, 1.165) is 37.9 Å². The van der Waals surface area contributed by atoms with Gasteiger partial charge in [-0.15, -0.1) is 0 Å². The van der Waals surface area contributed by atoms with Gasteiger partial charge in [-0.25, -0.2) is 0 Å². The molecule has 1 fully saturated rings. The number of nitrogens with one attached hydrogen (secondary N) is 1. The van der Waals surface area contributed by atoms with Crippen LogP contribution in [0.3, 0.4) is 0 Å². The van der Waals surface area contributed by atoms with Crippen molar-refractivity contribution in [2.75, 3.05) is 18.4 Å². The molecule has 23 heavy (non-hydrogen) atoms. The number of carbonyl (C=O) groups is 1. The predicted octanol–water partition coefficient (Wildman–Crippen LogP) is 2.99. The smallest absolute Gasteiger partial charge is 0.238 e. The first-order valence-corrected chi connectivity index (χ1v) is 8.73. The van der Waals surface area contributed by atoms with Crippen LogP contribution >= 0.6 is 0 Å². The summed E-state index contributed by atoms with van der Waals surface area (Å²) in [6, 6.07) is 6.26. The second kappa shape index (κ2) is 7.45. The number of benzene rings is 1. The van der Waals surface area contributed by atoms with Gasteiger partial charge in [0.05, 0.1) is 12.1 Å². The van der Waals surface area contributed by atoms with Crippen LogP contribution in [0.5, 0.6) is 0 Å². The number of rotatable bonds is 6. The summed E-state index contributed by atoms with van der Waals surface area (Å²) in [5, 5.41) is 13.4. The highest BCUT2D eigenvalue weighted by molar-refractivity contribution is 5.94. The van der Waals surface area contributed by atoms with E-state index in [-0.39, 0.29) is 11.9 Å². The summed E-state index contributed by atoms with van der Waals surface area (Å²) in [6.45, 7) is 9.09. The van der Waals surface area contributed by atoms with Crippen molar-refractivity contribution >= 4 is 11.6 Å². The Labute approximate surface area is 139 Å². The second-order valence-corrected chi connectivity index (χ2v) is 6.99. The van der Waals surface area contributed by atoms with Gasteiger partial charge in [0.25, 0.3) is 0 Å². The van der Waals surface area contributed by atoms with Crippen molar-refractivity contribution < 1.29 is 9.90 Å². The van der Waals surface area contributed by atoms with Gasteiger partial charge in [-0.05, 0) is 57.2 Å². The number of aryl methyl sites for hydroxylation is 2. The van der Waals surface area contributed by atoms with Crippen LogP contribution < -0.4 is 5.32 Å². The number of likely N-dealkylation sites (tertiary alicyclic amines) is 1. The summed E-state index contributed by atoms with van der Waals surface area (Å²) in [5.74, 6) is 0.0109. The summed E-state index contributed by atoms with van der Waals surface area (Å²) < 4.78 is 0. The standard InChI is InChI=1S/C19H30N2O2/c1-5-14-9-7-10-15(6-2)18(14)20-17(22)13-21-12-8-11-16(21)19(3,4)23/h7,9-10,16,23H,5-6,8,11-13H2,1-4H3,(H,20,22). The minimum atomic E-state index is -0.771. The Morgan fingerprint density at radius 1 is 1.30 bits per heavy atom. The third-order valence-electron chi connectivity index (χ3n) is 4.79. The van der Waals surface area contributed by atoms with E-state index in [1.807, 2.05) is 13.8 Å². The number of anilines is 1. The Kier molecular flexibility index (Phi) is 5.82. The van der Waals surface area contributed by atoms with Gasteiger partial charge in [0.1, 0.15) is 0 Å². The minimum absolute atomic E-state index is 0.0109. The number of para-hydroxylation sites is 1. The van der Waals surface area contributed by atoms with Crippen LogP contribution in [0, 0.1) is 0 Å². The molecule has 0 aliphatic carbocycles. The van der Waals surface area contributed by atoms with E-state index in [2.05, 4.69) is 42.3 Å². The molecular weight excluding hydrogens is 288 g/mol. The quantitative estimate of drug-likeness (QED) is 0.848. The zero-order valence-electron chi connectivity index (χ0n) is 14.9. The zero-order chi connectivity index (χ0) is 17.0. The van der Waals surface area contributed by atoms with E-state index < -0.39 is 5.60 Å². The molecule has 0 spiro atoms. The lowest BCUT2D eigenvalue weighted by atomic mass is 9.96. The van der Waals surface area contributed by atoms with E-state index in [1.54, 1.807) is 0 Å². The molecule has 0 aromatic heterocycles. The Bertz CT molecular complexity index is 527. The highest BCUT2D eigenvalue weighted by Gasteiger charge is 2.36. The van der Waals surface area contributed by atoms with Crippen LogP contribution in [-0.2, 0) is 17.6 Å². The molecular formula is C19H30N2O2. The molecule has 0 radical (unpaired) electrons. The fourth-order valence-corrected chi connectivity index (χ4v) is 3.58. The van der Waals surface area contributed by atoms with E-state index >= 15 is 0 Å². The summed E-state index contributed by atoms with van der Waals surface area (Å²) >= 11 is 0. The van der Waals surface area contributed by atoms with Crippen molar-refractivity contribution in [1.82, 2.24) is 4.90 Å². The van der Waals surface area contributed by atoms with Crippen LogP contribution in [-0.4, -0.2) is 40.6 Å². The van der Waals surface area contributed by atoms with Gasteiger partial charge in [-0.1, -0.05) is 32.0 Å². The molecule has 1 aliphatic rings. The van der Waals surface area contributed by atoms with E-state index in [4.69, 9.17) is 0 Å². The van der Waals surface area contributed by atoms with Gasteiger partial charge in [0, 0.05) is 11.7 Å². The lowest BCUT2D eigenvalue weighted by Crippen LogP contribution is -2.48. The van der Waals surface area contributed by atoms with Crippen molar-refractivity contribution in [3.8, 4) is 0 Å². The number of nitrogens with zero attached hydrogens (tertiary/aromatic N) is 1. The van der Waals surface area contributed by atoms with Crippen molar-refractivity contribution in [3.63, 3.8) is 0 Å². The van der Waals surface area contributed by atoms with Crippen molar-refractivity contribution in [1.29, 1.82) is 0 Å². The number of amides is 1. The zero-order valence-corrected chi connectivity index (χ0v) is 14.9. The topological polar surface area (TPSA) is 52.6 Å². The Hall–Kier alpha value is -1.39. The molecule has 0 saturated carbocycles. The van der Waals surface area contributed by atoms with Crippen molar-refractivity contribution in [2.24, 2.45) is 0 Å². The van der Waals surface area contributed by atoms with Gasteiger partial charge in [-0.2, -0.15) is 0 Å². The Balaban J connectivity index is 2.08. The SMILES string of the molecule is CCc1cccc(CC)c1NC(=O)CN1CCCC1C(C)(C)O. The van der Waals surface area contributed by atoms with E-state index in [9.17, 15) is 9.90 Å². The summed E-state index contributed by atoms with van der Waals surface area (Å²) in [6.07, 6.45) is 3.79. The van der Waals surface area contributed by atoms with Crippen molar-refractivity contribution in [2.45, 2.75) is 65.0 Å². The fourth-order valence-electron chi connectivity index (χ4n) is 3.58. The lowest BCUT2D eigenvalue weighted by Gasteiger charge is -2.33. The van der Waals surface area contributed by atoms with Crippen LogP contribution in [0.2, 0.25) is 0 Å². The molecule has 4 nitrogen and oxygen atoms in total. The highest BCUT2D eigenvalue weighted by atomic mass is 16.3. The third kappa shape index (κ3) is 4.33. The van der Waals surface area contributed by atoms with Crippen molar-refractivity contribution in [3.05, 3.63) is 29.3 Å². The average Bonchev–Trinajstić information content (AvgIpc) is 2.95. The highest BCUT2D eigenvalue weighted by Crippen LogP contribution is 2.27. The second-order valence-electron chi connectivity index (χ2n) is 6.99. The molecule has 2 N–H and O–H groups in total. The molecule has 1 atom stereocenters. The Morgan fingerprint density at radius 3 is 2.43 bits per heavy atom. The first kappa shape index (κ1) is 18.0. The molecule has 0 bridgehead atoms. The molecule has 128 valence electrons. The largest absolute Gasteiger partial charge is 0.389 e. The van der Waals surface area contributed by atoms with Crippen LogP contribution in [0.1, 0.15) is 51.7 Å². The first-order chi connectivity index (χ1) is 10.9. The third-order valence-corrected chi connectivity index (χ3v) is 4.79. The molecule has 1 aliphatic heterocycles. The van der Waals surface area contributed by atoms with E-state index in [1.165, 1.54) is 11.1 Å².